The lowest BCUT2D eigenvalue weighted by Gasteiger charge is -2.14. The third-order valence-corrected chi connectivity index (χ3v) is 4.24. The van der Waals surface area contributed by atoms with Gasteiger partial charge in [-0.05, 0) is 24.3 Å². The van der Waals surface area contributed by atoms with Crippen LogP contribution in [0.4, 0.5) is 11.5 Å². The summed E-state index contributed by atoms with van der Waals surface area (Å²) in [4.78, 5) is 26.4. The largest absolute Gasteiger partial charge is 0.326 e. The number of aromatic amines is 1. The minimum atomic E-state index is -0.381. The van der Waals surface area contributed by atoms with Crippen molar-refractivity contribution < 1.29 is 9.59 Å². The van der Waals surface area contributed by atoms with E-state index in [1.807, 2.05) is 54.6 Å². The number of amides is 2. The van der Waals surface area contributed by atoms with Gasteiger partial charge in [-0.3, -0.25) is 19.6 Å². The van der Waals surface area contributed by atoms with Gasteiger partial charge < -0.3 is 5.32 Å². The molecule has 2 heterocycles. The van der Waals surface area contributed by atoms with Crippen LogP contribution in [0.15, 0.2) is 54.6 Å². The molecule has 3 aromatic rings. The Morgan fingerprint density at radius 1 is 1.12 bits per heavy atom. The van der Waals surface area contributed by atoms with Gasteiger partial charge in [-0.25, -0.2) is 0 Å². The van der Waals surface area contributed by atoms with Gasteiger partial charge in [0.1, 0.15) is 0 Å². The highest BCUT2D eigenvalue weighted by atomic mass is 16.2. The molecule has 0 radical (unpaired) electrons. The average Bonchev–Trinajstić information content (AvgIpc) is 3.19. The molecular weight excluding hydrogens is 304 g/mol. The normalized spacial score (nSPS) is 17.4. The van der Waals surface area contributed by atoms with Crippen LogP contribution in [0.25, 0.3) is 10.9 Å². The Labute approximate surface area is 138 Å². The lowest BCUT2D eigenvalue weighted by Crippen LogP contribution is -2.28. The highest BCUT2D eigenvalue weighted by Gasteiger charge is 2.36. The number of fused-ring (bicyclic) bond motifs is 1. The van der Waals surface area contributed by atoms with Gasteiger partial charge in [0.2, 0.25) is 11.8 Å². The minimum absolute atomic E-state index is 0.0829. The van der Waals surface area contributed by atoms with Gasteiger partial charge in [0.05, 0.1) is 11.4 Å². The molecule has 0 aliphatic carbocycles. The van der Waals surface area contributed by atoms with Crippen molar-refractivity contribution in [2.75, 3.05) is 16.8 Å². The number of nitrogens with one attached hydrogen (secondary N) is 2. The maximum absolute atomic E-state index is 12.4. The van der Waals surface area contributed by atoms with E-state index < -0.39 is 0 Å². The van der Waals surface area contributed by atoms with Gasteiger partial charge in [0, 0.05) is 24.0 Å². The van der Waals surface area contributed by atoms with E-state index in [1.165, 1.54) is 0 Å². The van der Waals surface area contributed by atoms with E-state index in [0.29, 0.717) is 12.4 Å². The van der Waals surface area contributed by atoms with Crippen molar-refractivity contribution in [2.45, 2.75) is 6.42 Å². The summed E-state index contributed by atoms with van der Waals surface area (Å²) in [6.07, 6.45) is 0.194. The van der Waals surface area contributed by atoms with Crippen molar-refractivity contribution in [1.82, 2.24) is 10.2 Å². The third-order valence-electron chi connectivity index (χ3n) is 4.24. The number of anilines is 2. The van der Waals surface area contributed by atoms with Gasteiger partial charge in [0.15, 0.2) is 5.82 Å². The molecule has 1 unspecified atom stereocenters. The average molecular weight is 320 g/mol. The van der Waals surface area contributed by atoms with Crippen LogP contribution in [0.2, 0.25) is 0 Å². The molecule has 1 aromatic heterocycles. The number of carbonyl (C=O) groups excluding carboxylic acids is 2. The van der Waals surface area contributed by atoms with E-state index in [9.17, 15) is 9.59 Å². The number of nitrogens with zero attached hydrogens (tertiary/aromatic N) is 2. The molecule has 6 nitrogen and oxygen atoms in total. The van der Waals surface area contributed by atoms with Gasteiger partial charge in [0.25, 0.3) is 0 Å². The summed E-state index contributed by atoms with van der Waals surface area (Å²) in [7, 11) is 0. The zero-order valence-corrected chi connectivity index (χ0v) is 12.9. The lowest BCUT2D eigenvalue weighted by molar-refractivity contribution is -0.122. The molecule has 1 aliphatic rings. The topological polar surface area (TPSA) is 78.1 Å². The Kier molecular flexibility index (Phi) is 3.49. The molecular formula is C18H16N4O2. The second kappa shape index (κ2) is 5.81. The molecule has 6 heteroatoms. The SMILES string of the molecule is O=C(Nc1ccccc1)C1CC(=O)N(c2n[nH]c3ccccc23)C1. The molecule has 4 rings (SSSR count). The Morgan fingerprint density at radius 2 is 1.88 bits per heavy atom. The lowest BCUT2D eigenvalue weighted by atomic mass is 10.1. The predicted molar refractivity (Wildman–Crippen MR) is 91.6 cm³/mol. The molecule has 120 valence electrons. The van der Waals surface area contributed by atoms with E-state index in [4.69, 9.17) is 0 Å². The fourth-order valence-corrected chi connectivity index (χ4v) is 3.01. The predicted octanol–water partition coefficient (Wildman–Crippen LogP) is 2.55. The summed E-state index contributed by atoms with van der Waals surface area (Å²) in [5.41, 5.74) is 1.61. The van der Waals surface area contributed by atoms with Crippen molar-refractivity contribution in [3.63, 3.8) is 0 Å². The first kappa shape index (κ1) is 14.4. The summed E-state index contributed by atoms with van der Waals surface area (Å²) >= 11 is 0. The third kappa shape index (κ3) is 2.52. The standard InChI is InChI=1S/C18H16N4O2/c23-16-10-12(18(24)19-13-6-2-1-3-7-13)11-22(16)17-14-8-4-5-9-15(14)20-21-17/h1-9,12H,10-11H2,(H,19,24)(H,20,21). The van der Waals surface area contributed by atoms with E-state index in [1.54, 1.807) is 4.90 Å². The summed E-state index contributed by atoms with van der Waals surface area (Å²) in [5.74, 6) is -0.0175. The Balaban J connectivity index is 1.54. The maximum Gasteiger partial charge on any atom is 0.229 e. The first-order chi connectivity index (χ1) is 11.7. The zero-order valence-electron chi connectivity index (χ0n) is 12.9. The summed E-state index contributed by atoms with van der Waals surface area (Å²) in [6.45, 7) is 0.340. The molecule has 2 amide bonds. The number of hydrogen-bond acceptors (Lipinski definition) is 3. The molecule has 24 heavy (non-hydrogen) atoms. The maximum atomic E-state index is 12.4. The van der Waals surface area contributed by atoms with E-state index in [0.717, 1.165) is 16.6 Å². The molecule has 2 N–H and O–H groups in total. The van der Waals surface area contributed by atoms with Crippen molar-refractivity contribution in [3.8, 4) is 0 Å². The van der Waals surface area contributed by atoms with Crippen LogP contribution in [-0.2, 0) is 9.59 Å². The number of carbonyl (C=O) groups is 2. The fraction of sp³-hybridized carbons (Fsp3) is 0.167. The molecule has 1 aliphatic heterocycles. The van der Waals surface area contributed by atoms with Crippen LogP contribution in [0.1, 0.15) is 6.42 Å². The van der Waals surface area contributed by atoms with E-state index in [2.05, 4.69) is 15.5 Å². The molecule has 2 aromatic carbocycles. The zero-order chi connectivity index (χ0) is 16.5. The van der Waals surface area contributed by atoms with E-state index in [-0.39, 0.29) is 24.2 Å². The van der Waals surface area contributed by atoms with Gasteiger partial charge >= 0.3 is 0 Å². The minimum Gasteiger partial charge on any atom is -0.326 e. The van der Waals surface area contributed by atoms with Gasteiger partial charge in [-0.1, -0.05) is 30.3 Å². The monoisotopic (exact) mass is 320 g/mol. The molecule has 0 saturated carbocycles. The molecule has 1 fully saturated rings. The summed E-state index contributed by atoms with van der Waals surface area (Å²) < 4.78 is 0. The number of H-pyrrole nitrogens is 1. The second-order valence-corrected chi connectivity index (χ2v) is 5.85. The number of rotatable bonds is 3. The number of aromatic nitrogens is 2. The number of para-hydroxylation sites is 2. The second-order valence-electron chi connectivity index (χ2n) is 5.85. The van der Waals surface area contributed by atoms with Crippen LogP contribution >= 0.6 is 0 Å². The first-order valence-electron chi connectivity index (χ1n) is 7.82. The Bertz CT molecular complexity index is 904. The Morgan fingerprint density at radius 3 is 2.71 bits per heavy atom. The quantitative estimate of drug-likeness (QED) is 0.778. The highest BCUT2D eigenvalue weighted by Crippen LogP contribution is 2.30. The van der Waals surface area contributed by atoms with Crippen molar-refractivity contribution in [1.29, 1.82) is 0 Å². The van der Waals surface area contributed by atoms with E-state index >= 15 is 0 Å². The molecule has 1 saturated heterocycles. The van der Waals surface area contributed by atoms with Crippen LogP contribution in [0, 0.1) is 5.92 Å². The van der Waals surface area contributed by atoms with Gasteiger partial charge in [-0.15, -0.1) is 0 Å². The summed E-state index contributed by atoms with van der Waals surface area (Å²) in [5, 5.41) is 10.9. The molecule has 0 bridgehead atoms. The number of benzene rings is 2. The van der Waals surface area contributed by atoms with Crippen LogP contribution < -0.4 is 10.2 Å². The molecule has 0 spiro atoms. The fourth-order valence-electron chi connectivity index (χ4n) is 3.01. The van der Waals surface area contributed by atoms with Crippen molar-refractivity contribution >= 4 is 34.2 Å². The van der Waals surface area contributed by atoms with Crippen molar-refractivity contribution in [2.24, 2.45) is 5.92 Å². The highest BCUT2D eigenvalue weighted by molar-refractivity contribution is 6.06. The van der Waals surface area contributed by atoms with Crippen LogP contribution in [-0.4, -0.2) is 28.6 Å². The van der Waals surface area contributed by atoms with Gasteiger partial charge in [-0.2, -0.15) is 5.10 Å². The van der Waals surface area contributed by atoms with Crippen LogP contribution in [0.3, 0.4) is 0 Å². The number of hydrogen-bond donors (Lipinski definition) is 2. The molecule has 1 atom stereocenters. The van der Waals surface area contributed by atoms with Crippen molar-refractivity contribution in [3.05, 3.63) is 54.6 Å². The van der Waals surface area contributed by atoms with Crippen LogP contribution in [0.5, 0.6) is 0 Å². The summed E-state index contributed by atoms with van der Waals surface area (Å²) in [6, 6.07) is 16.9. The Hall–Kier alpha value is -3.15. The first-order valence-corrected chi connectivity index (χ1v) is 7.82. The smallest absolute Gasteiger partial charge is 0.229 e.